The number of carbonyl (C=O) groups is 2. The molecule has 0 aliphatic rings. The van der Waals surface area contributed by atoms with Crippen molar-refractivity contribution < 1.29 is 9.59 Å². The lowest BCUT2D eigenvalue weighted by Crippen LogP contribution is -2.48. The molecule has 0 bridgehead atoms. The van der Waals surface area contributed by atoms with Crippen LogP contribution in [0.15, 0.2) is 48.5 Å². The summed E-state index contributed by atoms with van der Waals surface area (Å²) >= 11 is 7.55. The maximum Gasteiger partial charge on any atom is 0.242 e. The van der Waals surface area contributed by atoms with E-state index in [-0.39, 0.29) is 11.8 Å². The Kier molecular flexibility index (Phi) is 9.73. The lowest BCUT2D eigenvalue weighted by molar-refractivity contribution is -0.138. The fourth-order valence-corrected chi connectivity index (χ4v) is 3.95. The maximum absolute atomic E-state index is 13.1. The number of carbonyl (C=O) groups excluding carboxylic acids is 2. The van der Waals surface area contributed by atoms with Crippen LogP contribution in [0, 0.1) is 12.8 Å². The van der Waals surface area contributed by atoms with Gasteiger partial charge >= 0.3 is 0 Å². The van der Waals surface area contributed by atoms with E-state index in [9.17, 15) is 9.59 Å². The number of nitrogens with zero attached hydrogens (tertiary/aromatic N) is 1. The molecule has 0 spiro atoms. The zero-order valence-corrected chi connectivity index (χ0v) is 19.7. The van der Waals surface area contributed by atoms with Crippen molar-refractivity contribution in [3.63, 3.8) is 0 Å². The first-order valence-electron chi connectivity index (χ1n) is 10.2. The second-order valence-electron chi connectivity index (χ2n) is 7.94. The minimum atomic E-state index is -0.550. The number of hydrogen-bond donors (Lipinski definition) is 1. The summed E-state index contributed by atoms with van der Waals surface area (Å²) in [5, 5.41) is 3.59. The fraction of sp³-hybridized carbons (Fsp3) is 0.417. The molecule has 2 aromatic carbocycles. The third kappa shape index (κ3) is 8.04. The highest BCUT2D eigenvalue weighted by Gasteiger charge is 2.26. The average Bonchev–Trinajstić information content (AvgIpc) is 2.71. The second kappa shape index (κ2) is 12.0. The molecular weight excluding hydrogens is 416 g/mol. The summed E-state index contributed by atoms with van der Waals surface area (Å²) in [4.78, 5) is 27.3. The lowest BCUT2D eigenvalue weighted by atomic mass is 10.1. The molecule has 30 heavy (non-hydrogen) atoms. The summed E-state index contributed by atoms with van der Waals surface area (Å²) in [6, 6.07) is 15.1. The van der Waals surface area contributed by atoms with Crippen LogP contribution in [0.25, 0.3) is 0 Å². The summed E-state index contributed by atoms with van der Waals surface area (Å²) < 4.78 is 0. The van der Waals surface area contributed by atoms with Gasteiger partial charge in [0.15, 0.2) is 0 Å². The summed E-state index contributed by atoms with van der Waals surface area (Å²) in [7, 11) is 0. The van der Waals surface area contributed by atoms with Crippen LogP contribution < -0.4 is 5.32 Å². The third-order valence-electron chi connectivity index (χ3n) is 4.69. The number of aryl methyl sites for hydroxylation is 1. The van der Waals surface area contributed by atoms with Crippen molar-refractivity contribution in [3.8, 4) is 0 Å². The predicted octanol–water partition coefficient (Wildman–Crippen LogP) is 5.07. The van der Waals surface area contributed by atoms with Gasteiger partial charge < -0.3 is 10.2 Å². The zero-order chi connectivity index (χ0) is 22.1. The first-order chi connectivity index (χ1) is 14.3. The van der Waals surface area contributed by atoms with Gasteiger partial charge in [-0.15, -0.1) is 11.8 Å². The fourth-order valence-electron chi connectivity index (χ4n) is 2.96. The molecule has 0 radical (unpaired) electrons. The van der Waals surface area contributed by atoms with E-state index in [0.29, 0.717) is 29.8 Å². The van der Waals surface area contributed by atoms with Crippen molar-refractivity contribution in [1.29, 1.82) is 0 Å². The Balaban J connectivity index is 2.05. The molecular formula is C24H31ClN2O2S. The van der Waals surface area contributed by atoms with Crippen molar-refractivity contribution in [2.75, 3.05) is 12.3 Å². The number of rotatable bonds is 10. The van der Waals surface area contributed by atoms with Crippen LogP contribution in [0.4, 0.5) is 0 Å². The largest absolute Gasteiger partial charge is 0.354 e. The smallest absolute Gasteiger partial charge is 0.242 e. The van der Waals surface area contributed by atoms with Crippen LogP contribution in [0.1, 0.15) is 37.5 Å². The second-order valence-corrected chi connectivity index (χ2v) is 9.37. The van der Waals surface area contributed by atoms with E-state index in [1.807, 2.05) is 32.0 Å². The Labute approximate surface area is 189 Å². The molecule has 2 rings (SSSR count). The summed E-state index contributed by atoms with van der Waals surface area (Å²) in [5.74, 6) is 1.26. The quantitative estimate of drug-likeness (QED) is 0.554. The Morgan fingerprint density at radius 3 is 2.40 bits per heavy atom. The number of nitrogens with one attached hydrogen (secondary N) is 1. The minimum absolute atomic E-state index is 0.0465. The van der Waals surface area contributed by atoms with Crippen LogP contribution in [0.5, 0.6) is 0 Å². The van der Waals surface area contributed by atoms with E-state index in [2.05, 4.69) is 30.4 Å². The van der Waals surface area contributed by atoms with Crippen LogP contribution >= 0.6 is 23.4 Å². The van der Waals surface area contributed by atoms with E-state index in [4.69, 9.17) is 11.6 Å². The minimum Gasteiger partial charge on any atom is -0.354 e. The average molecular weight is 447 g/mol. The Bertz CT molecular complexity index is 839. The highest BCUT2D eigenvalue weighted by molar-refractivity contribution is 7.99. The normalized spacial score (nSPS) is 11.9. The molecule has 1 N–H and O–H groups in total. The highest BCUT2D eigenvalue weighted by Crippen LogP contribution is 2.18. The maximum atomic E-state index is 13.1. The van der Waals surface area contributed by atoms with Crippen LogP contribution in [0.2, 0.25) is 5.02 Å². The van der Waals surface area contributed by atoms with Gasteiger partial charge in [0.2, 0.25) is 11.8 Å². The van der Waals surface area contributed by atoms with Gasteiger partial charge in [0.25, 0.3) is 0 Å². The van der Waals surface area contributed by atoms with Crippen LogP contribution in [-0.4, -0.2) is 35.1 Å². The molecule has 0 fully saturated rings. The molecule has 0 heterocycles. The lowest BCUT2D eigenvalue weighted by Gasteiger charge is -2.29. The van der Waals surface area contributed by atoms with Gasteiger partial charge in [-0.1, -0.05) is 67.4 Å². The van der Waals surface area contributed by atoms with Crippen molar-refractivity contribution in [2.24, 2.45) is 5.92 Å². The van der Waals surface area contributed by atoms with Crippen LogP contribution in [-0.2, 0) is 21.9 Å². The molecule has 0 aliphatic heterocycles. The molecule has 2 amide bonds. The summed E-state index contributed by atoms with van der Waals surface area (Å²) in [5.41, 5.74) is 3.35. The zero-order valence-electron chi connectivity index (χ0n) is 18.2. The predicted molar refractivity (Wildman–Crippen MR) is 127 cm³/mol. The molecule has 0 unspecified atom stereocenters. The van der Waals surface area contributed by atoms with E-state index >= 15 is 0 Å². The van der Waals surface area contributed by atoms with Gasteiger partial charge in [-0.3, -0.25) is 9.59 Å². The van der Waals surface area contributed by atoms with Gasteiger partial charge in [0, 0.05) is 23.9 Å². The number of hydrogen-bond acceptors (Lipinski definition) is 3. The standard InChI is InChI=1S/C24H31ClN2O2S/c1-17(2)13-26-24(29)19(4)27(14-20-8-10-22(25)11-9-20)23(28)16-30-15-21-7-5-6-18(3)12-21/h5-12,17,19H,13-16H2,1-4H3,(H,26,29)/t19-/m1/s1. The molecule has 2 aromatic rings. The Morgan fingerprint density at radius 1 is 1.07 bits per heavy atom. The van der Waals surface area contributed by atoms with Crippen LogP contribution in [0.3, 0.4) is 0 Å². The van der Waals surface area contributed by atoms with E-state index < -0.39 is 6.04 Å². The Morgan fingerprint density at radius 2 is 1.77 bits per heavy atom. The van der Waals surface area contributed by atoms with Gasteiger partial charge in [-0.25, -0.2) is 0 Å². The topological polar surface area (TPSA) is 49.4 Å². The molecule has 1 atom stereocenters. The molecule has 0 saturated heterocycles. The Hall–Kier alpha value is -1.98. The number of halogens is 1. The van der Waals surface area contributed by atoms with Gasteiger partial charge in [-0.2, -0.15) is 0 Å². The van der Waals surface area contributed by atoms with Crippen molar-refractivity contribution in [3.05, 3.63) is 70.2 Å². The van der Waals surface area contributed by atoms with Crippen molar-refractivity contribution >= 4 is 35.2 Å². The number of amides is 2. The molecule has 162 valence electrons. The molecule has 0 saturated carbocycles. The van der Waals surface area contributed by atoms with Gasteiger partial charge in [-0.05, 0) is 43.0 Å². The molecule has 0 aromatic heterocycles. The first-order valence-corrected chi connectivity index (χ1v) is 11.7. The summed E-state index contributed by atoms with van der Waals surface area (Å²) in [6.45, 7) is 8.90. The van der Waals surface area contributed by atoms with E-state index in [1.54, 1.807) is 35.7 Å². The van der Waals surface area contributed by atoms with Crippen molar-refractivity contribution in [2.45, 2.75) is 46.0 Å². The third-order valence-corrected chi connectivity index (χ3v) is 5.94. The summed E-state index contributed by atoms with van der Waals surface area (Å²) in [6.07, 6.45) is 0. The number of benzene rings is 2. The first kappa shape index (κ1) is 24.3. The highest BCUT2D eigenvalue weighted by atomic mass is 35.5. The molecule has 4 nitrogen and oxygen atoms in total. The molecule has 0 aliphatic carbocycles. The monoisotopic (exact) mass is 446 g/mol. The molecule has 6 heteroatoms. The van der Waals surface area contributed by atoms with Crippen molar-refractivity contribution in [1.82, 2.24) is 10.2 Å². The van der Waals surface area contributed by atoms with E-state index in [1.165, 1.54) is 11.1 Å². The van der Waals surface area contributed by atoms with E-state index in [0.717, 1.165) is 11.3 Å². The SMILES string of the molecule is Cc1cccc(CSCC(=O)N(Cc2ccc(Cl)cc2)[C@H](C)C(=O)NCC(C)C)c1. The van der Waals surface area contributed by atoms with Gasteiger partial charge in [0.05, 0.1) is 5.75 Å². The van der Waals surface area contributed by atoms with Gasteiger partial charge in [0.1, 0.15) is 6.04 Å². The number of thioether (sulfide) groups is 1.